The van der Waals surface area contributed by atoms with Gasteiger partial charge in [0.05, 0.1) is 5.56 Å². The minimum absolute atomic E-state index is 0.0637. The summed E-state index contributed by atoms with van der Waals surface area (Å²) < 4.78 is 13.5. The van der Waals surface area contributed by atoms with E-state index in [1.807, 2.05) is 0 Å². The van der Waals surface area contributed by atoms with Gasteiger partial charge in [0.1, 0.15) is 5.82 Å². The maximum absolute atomic E-state index is 13.5. The van der Waals surface area contributed by atoms with Crippen molar-refractivity contribution in [3.8, 4) is 0 Å². The van der Waals surface area contributed by atoms with Crippen LogP contribution in [-0.2, 0) is 0 Å². The van der Waals surface area contributed by atoms with E-state index in [9.17, 15) is 9.18 Å². The van der Waals surface area contributed by atoms with Gasteiger partial charge in [-0.05, 0) is 31.0 Å². The molecule has 6 nitrogen and oxygen atoms in total. The maximum atomic E-state index is 13.5. The van der Waals surface area contributed by atoms with Gasteiger partial charge in [-0.1, -0.05) is 18.0 Å². The van der Waals surface area contributed by atoms with Gasteiger partial charge < -0.3 is 21.6 Å². The number of nitrogens with one attached hydrogen (secondary N) is 2. The summed E-state index contributed by atoms with van der Waals surface area (Å²) in [6, 6.07) is 3.74. The lowest BCUT2D eigenvalue weighted by Gasteiger charge is -2.13. The van der Waals surface area contributed by atoms with Gasteiger partial charge in [0.2, 0.25) is 0 Å². The third-order valence-electron chi connectivity index (χ3n) is 3.30. The van der Waals surface area contributed by atoms with Crippen LogP contribution in [-0.4, -0.2) is 23.1 Å². The van der Waals surface area contributed by atoms with Crippen LogP contribution in [0.3, 0.4) is 0 Å². The average Bonchev–Trinajstić information content (AvgIpc) is 2.92. The second kappa shape index (κ2) is 6.23. The fraction of sp³-hybridized carbons (Fsp3) is 0.385. The largest absolute Gasteiger partial charge is 0.409 e. The zero-order chi connectivity index (χ0) is 14.5. The molecule has 2 rings (SSSR count). The van der Waals surface area contributed by atoms with Crippen LogP contribution in [0.1, 0.15) is 31.2 Å². The van der Waals surface area contributed by atoms with Crippen LogP contribution in [0.4, 0.5) is 14.9 Å². The molecule has 5 N–H and O–H groups in total. The molecule has 0 radical (unpaired) electrons. The van der Waals surface area contributed by atoms with Crippen molar-refractivity contribution in [2.45, 2.75) is 31.7 Å². The topological polar surface area (TPSA) is 99.7 Å². The van der Waals surface area contributed by atoms with E-state index in [2.05, 4.69) is 15.8 Å². The number of benzene rings is 1. The number of nitrogens with two attached hydrogens (primary N) is 1. The zero-order valence-electron chi connectivity index (χ0n) is 10.9. The lowest BCUT2D eigenvalue weighted by atomic mass is 10.1. The van der Waals surface area contributed by atoms with Gasteiger partial charge in [-0.2, -0.15) is 0 Å². The molecule has 0 atom stereocenters. The molecule has 1 aromatic rings. The molecule has 0 aromatic heterocycles. The number of anilines is 1. The summed E-state index contributed by atoms with van der Waals surface area (Å²) in [6.45, 7) is 0. The highest BCUT2D eigenvalue weighted by molar-refractivity contribution is 5.99. The fourth-order valence-corrected chi connectivity index (χ4v) is 2.28. The molecule has 1 saturated carbocycles. The number of carbonyl (C=O) groups excluding carboxylic acids is 1. The SMILES string of the molecule is N/C(=N/O)c1cc(NC(=O)NC2CCCC2)ccc1F. The number of rotatable bonds is 3. The number of hydrogen-bond donors (Lipinski definition) is 4. The van der Waals surface area contributed by atoms with Gasteiger partial charge in [-0.25, -0.2) is 9.18 Å². The van der Waals surface area contributed by atoms with Crippen LogP contribution < -0.4 is 16.4 Å². The van der Waals surface area contributed by atoms with E-state index in [0.29, 0.717) is 5.69 Å². The molecule has 1 fully saturated rings. The highest BCUT2D eigenvalue weighted by Crippen LogP contribution is 2.18. The van der Waals surface area contributed by atoms with Gasteiger partial charge in [0, 0.05) is 11.7 Å². The van der Waals surface area contributed by atoms with Gasteiger partial charge in [0.25, 0.3) is 0 Å². The molecule has 0 bridgehead atoms. The predicted molar refractivity (Wildman–Crippen MR) is 73.3 cm³/mol. The lowest BCUT2D eigenvalue weighted by Crippen LogP contribution is -2.36. The van der Waals surface area contributed by atoms with E-state index < -0.39 is 5.82 Å². The van der Waals surface area contributed by atoms with Crippen molar-refractivity contribution in [2.75, 3.05) is 5.32 Å². The minimum atomic E-state index is -0.623. The molecule has 1 aliphatic rings. The van der Waals surface area contributed by atoms with E-state index >= 15 is 0 Å². The number of urea groups is 1. The molecule has 0 saturated heterocycles. The molecular formula is C13H17FN4O2. The van der Waals surface area contributed by atoms with Crippen LogP contribution in [0.5, 0.6) is 0 Å². The Bertz CT molecular complexity index is 527. The Morgan fingerprint density at radius 2 is 2.10 bits per heavy atom. The normalized spacial score (nSPS) is 16.1. The van der Waals surface area contributed by atoms with Crippen LogP contribution in [0.15, 0.2) is 23.4 Å². The van der Waals surface area contributed by atoms with Gasteiger partial charge in [0.15, 0.2) is 5.84 Å². The monoisotopic (exact) mass is 280 g/mol. The number of hydrogen-bond acceptors (Lipinski definition) is 3. The van der Waals surface area contributed by atoms with Gasteiger partial charge in [-0.15, -0.1) is 0 Å². The van der Waals surface area contributed by atoms with E-state index in [0.717, 1.165) is 31.7 Å². The van der Waals surface area contributed by atoms with Gasteiger partial charge >= 0.3 is 6.03 Å². The summed E-state index contributed by atoms with van der Waals surface area (Å²) in [7, 11) is 0. The van der Waals surface area contributed by atoms with Crippen molar-refractivity contribution in [1.82, 2.24) is 5.32 Å². The molecule has 0 spiro atoms. The number of oxime groups is 1. The average molecular weight is 280 g/mol. The Morgan fingerprint density at radius 3 is 2.75 bits per heavy atom. The van der Waals surface area contributed by atoms with E-state index in [1.165, 1.54) is 12.1 Å². The molecule has 0 heterocycles. The quantitative estimate of drug-likeness (QED) is 0.295. The van der Waals surface area contributed by atoms with Crippen LogP contribution >= 0.6 is 0 Å². The van der Waals surface area contributed by atoms with Gasteiger partial charge in [-0.3, -0.25) is 0 Å². The zero-order valence-corrected chi connectivity index (χ0v) is 10.9. The smallest absolute Gasteiger partial charge is 0.319 e. The van der Waals surface area contributed by atoms with Crippen molar-refractivity contribution in [3.05, 3.63) is 29.6 Å². The number of nitrogens with zero attached hydrogens (tertiary/aromatic N) is 1. The molecule has 1 aliphatic carbocycles. The molecule has 7 heteroatoms. The first-order valence-corrected chi connectivity index (χ1v) is 6.45. The third kappa shape index (κ3) is 3.37. The summed E-state index contributed by atoms with van der Waals surface area (Å²) in [5, 5.41) is 16.8. The molecule has 20 heavy (non-hydrogen) atoms. The lowest BCUT2D eigenvalue weighted by molar-refractivity contribution is 0.248. The maximum Gasteiger partial charge on any atom is 0.319 e. The second-order valence-corrected chi connectivity index (χ2v) is 4.76. The molecule has 2 amide bonds. The number of halogens is 1. The van der Waals surface area contributed by atoms with Crippen molar-refractivity contribution in [2.24, 2.45) is 10.9 Å². The predicted octanol–water partition coefficient (Wildman–Crippen LogP) is 1.98. The van der Waals surface area contributed by atoms with Crippen molar-refractivity contribution in [3.63, 3.8) is 0 Å². The van der Waals surface area contributed by atoms with Crippen LogP contribution in [0, 0.1) is 5.82 Å². The standard InChI is InChI=1S/C13H17FN4O2/c14-11-6-5-9(7-10(11)12(15)18-20)17-13(19)16-8-3-1-2-4-8/h5-8,20H,1-4H2,(H2,15,18)(H2,16,17,19). The van der Waals surface area contributed by atoms with Crippen molar-refractivity contribution < 1.29 is 14.4 Å². The van der Waals surface area contributed by atoms with Crippen LogP contribution in [0.2, 0.25) is 0 Å². The fourth-order valence-electron chi connectivity index (χ4n) is 2.28. The first-order valence-electron chi connectivity index (χ1n) is 6.45. The summed E-state index contributed by atoms with van der Waals surface area (Å²) in [4.78, 5) is 11.8. The Labute approximate surface area is 115 Å². The Balaban J connectivity index is 2.03. The number of amides is 2. The third-order valence-corrected chi connectivity index (χ3v) is 3.30. The van der Waals surface area contributed by atoms with Crippen LogP contribution in [0.25, 0.3) is 0 Å². The summed E-state index contributed by atoms with van der Waals surface area (Å²) in [5.74, 6) is -0.968. The minimum Gasteiger partial charge on any atom is -0.409 e. The Hall–Kier alpha value is -2.31. The van der Waals surface area contributed by atoms with E-state index in [4.69, 9.17) is 10.9 Å². The highest BCUT2D eigenvalue weighted by Gasteiger charge is 2.17. The first kappa shape index (κ1) is 14.1. The van der Waals surface area contributed by atoms with Crippen molar-refractivity contribution in [1.29, 1.82) is 0 Å². The first-order chi connectivity index (χ1) is 9.60. The molecule has 1 aromatic carbocycles. The summed E-state index contributed by atoms with van der Waals surface area (Å²) >= 11 is 0. The Morgan fingerprint density at radius 1 is 1.40 bits per heavy atom. The highest BCUT2D eigenvalue weighted by atomic mass is 19.1. The van der Waals surface area contributed by atoms with E-state index in [-0.39, 0.29) is 23.5 Å². The molecular weight excluding hydrogens is 263 g/mol. The van der Waals surface area contributed by atoms with Crippen molar-refractivity contribution >= 4 is 17.6 Å². The summed E-state index contributed by atoms with van der Waals surface area (Å²) in [6.07, 6.45) is 4.20. The molecule has 0 unspecified atom stereocenters. The number of carbonyl (C=O) groups is 1. The van der Waals surface area contributed by atoms with E-state index in [1.54, 1.807) is 0 Å². The Kier molecular flexibility index (Phi) is 4.39. The molecule has 0 aliphatic heterocycles. The molecule has 108 valence electrons. The summed E-state index contributed by atoms with van der Waals surface area (Å²) in [5.41, 5.74) is 5.67. The second-order valence-electron chi connectivity index (χ2n) is 4.76. The number of amidine groups is 1.